The summed E-state index contributed by atoms with van der Waals surface area (Å²) in [5.74, 6) is 0.256. The minimum absolute atomic E-state index is 0.0465. The Morgan fingerprint density at radius 1 is 1.70 bits per heavy atom. The van der Waals surface area contributed by atoms with Gasteiger partial charge in [0.2, 0.25) is 5.91 Å². The van der Waals surface area contributed by atoms with Gasteiger partial charge in [-0.3, -0.25) is 19.8 Å². The van der Waals surface area contributed by atoms with Crippen molar-refractivity contribution < 1.29 is 9.72 Å². The van der Waals surface area contributed by atoms with Crippen molar-refractivity contribution in [3.63, 3.8) is 0 Å². The zero-order valence-electron chi connectivity index (χ0n) is 10.8. The molecule has 1 aromatic rings. The molecule has 0 saturated carbocycles. The molecule has 1 aliphatic rings. The summed E-state index contributed by atoms with van der Waals surface area (Å²) in [4.78, 5) is 30.2. The minimum atomic E-state index is -0.528. The molecule has 1 atom stereocenters. The van der Waals surface area contributed by atoms with Gasteiger partial charge in [-0.25, -0.2) is 4.98 Å². The Morgan fingerprint density at radius 2 is 2.45 bits per heavy atom. The molecule has 0 spiro atoms. The second-order valence-corrected chi connectivity index (χ2v) is 4.58. The first-order valence-corrected chi connectivity index (χ1v) is 5.95. The Morgan fingerprint density at radius 3 is 3.05 bits per heavy atom. The number of pyridine rings is 1. The van der Waals surface area contributed by atoms with Crippen LogP contribution in [0.15, 0.2) is 17.4 Å². The van der Waals surface area contributed by atoms with Crippen LogP contribution in [0.3, 0.4) is 0 Å². The first-order chi connectivity index (χ1) is 9.52. The summed E-state index contributed by atoms with van der Waals surface area (Å²) in [6.45, 7) is 2.33. The maximum Gasteiger partial charge on any atom is 0.287 e. The van der Waals surface area contributed by atoms with Crippen LogP contribution in [-0.2, 0) is 4.79 Å². The van der Waals surface area contributed by atoms with Crippen molar-refractivity contribution in [2.75, 3.05) is 18.0 Å². The molecule has 0 radical (unpaired) electrons. The van der Waals surface area contributed by atoms with Gasteiger partial charge in [0.25, 0.3) is 5.69 Å². The molecular formula is C11H12N6O3. The molecule has 2 heterocycles. The normalized spacial score (nSPS) is 17.9. The van der Waals surface area contributed by atoms with Gasteiger partial charge in [-0.05, 0) is 23.9 Å². The predicted molar refractivity (Wildman–Crippen MR) is 70.1 cm³/mol. The molecule has 1 aliphatic heterocycles. The molecule has 1 saturated heterocycles. The van der Waals surface area contributed by atoms with Crippen molar-refractivity contribution >= 4 is 17.4 Å². The number of carbonyl (C=O) groups excluding carboxylic acids is 1. The number of nitrogens with zero attached hydrogens (tertiary/aromatic N) is 6. The maximum atomic E-state index is 11.9. The molecule has 0 aromatic carbocycles. The van der Waals surface area contributed by atoms with Gasteiger partial charge in [-0.1, -0.05) is 5.11 Å². The van der Waals surface area contributed by atoms with E-state index >= 15 is 0 Å². The van der Waals surface area contributed by atoms with Gasteiger partial charge in [0.1, 0.15) is 12.0 Å². The number of carbonyl (C=O) groups is 1. The lowest BCUT2D eigenvalue weighted by Crippen LogP contribution is -2.26. The largest absolute Gasteiger partial charge is 0.296 e. The highest BCUT2D eigenvalue weighted by molar-refractivity contribution is 5.95. The Hall–Kier alpha value is -2.67. The monoisotopic (exact) mass is 276 g/mol. The number of anilines is 1. The van der Waals surface area contributed by atoms with Crippen LogP contribution in [-0.4, -0.2) is 28.9 Å². The van der Waals surface area contributed by atoms with E-state index in [0.29, 0.717) is 17.9 Å². The van der Waals surface area contributed by atoms with E-state index in [1.54, 1.807) is 6.92 Å². The highest BCUT2D eigenvalue weighted by Gasteiger charge is 2.32. The SMILES string of the molecule is Cc1cc([N+](=O)[O-])cnc1N1CC(CN=[N+]=[N-])CC1=O. The van der Waals surface area contributed by atoms with Crippen molar-refractivity contribution in [2.45, 2.75) is 13.3 Å². The third-order valence-electron chi connectivity index (χ3n) is 3.11. The summed E-state index contributed by atoms with van der Waals surface area (Å²) in [5.41, 5.74) is 8.74. The maximum absolute atomic E-state index is 11.9. The average molecular weight is 276 g/mol. The Kier molecular flexibility index (Phi) is 3.81. The fourth-order valence-electron chi connectivity index (χ4n) is 2.20. The highest BCUT2D eigenvalue weighted by Crippen LogP contribution is 2.28. The van der Waals surface area contributed by atoms with Crippen molar-refractivity contribution in [2.24, 2.45) is 11.0 Å². The first-order valence-electron chi connectivity index (χ1n) is 5.95. The summed E-state index contributed by atoms with van der Waals surface area (Å²) in [6.07, 6.45) is 1.42. The van der Waals surface area contributed by atoms with Crippen molar-refractivity contribution in [1.82, 2.24) is 4.98 Å². The van der Waals surface area contributed by atoms with Crippen LogP contribution in [0, 0.1) is 23.0 Å². The van der Waals surface area contributed by atoms with E-state index in [2.05, 4.69) is 15.0 Å². The zero-order chi connectivity index (χ0) is 14.7. The number of rotatable bonds is 4. The molecule has 1 aromatic heterocycles. The van der Waals surface area contributed by atoms with E-state index in [0.717, 1.165) is 6.20 Å². The highest BCUT2D eigenvalue weighted by atomic mass is 16.6. The summed E-state index contributed by atoms with van der Waals surface area (Å²) in [6, 6.07) is 1.39. The first kappa shape index (κ1) is 13.8. The van der Waals surface area contributed by atoms with Crippen LogP contribution < -0.4 is 4.90 Å². The van der Waals surface area contributed by atoms with Crippen LogP contribution in [0.4, 0.5) is 11.5 Å². The molecule has 0 N–H and O–H groups in total. The number of aromatic nitrogens is 1. The van der Waals surface area contributed by atoms with Gasteiger partial charge in [0.05, 0.1) is 4.92 Å². The fourth-order valence-corrected chi connectivity index (χ4v) is 2.20. The Labute approximate surface area is 114 Å². The molecule has 2 rings (SSSR count). The topological polar surface area (TPSA) is 125 Å². The van der Waals surface area contributed by atoms with Crippen LogP contribution in [0.5, 0.6) is 0 Å². The number of azide groups is 1. The third kappa shape index (κ3) is 2.67. The number of aryl methyl sites for hydroxylation is 1. The standard InChI is InChI=1S/C11H12N6O3/c1-7-2-9(17(19)20)5-13-11(7)16-6-8(3-10(16)18)4-14-15-12/h2,5,8H,3-4,6H2,1H3. The van der Waals surface area contributed by atoms with E-state index in [4.69, 9.17) is 5.53 Å². The molecule has 104 valence electrons. The minimum Gasteiger partial charge on any atom is -0.296 e. The molecule has 1 fully saturated rings. The van der Waals surface area contributed by atoms with Crippen LogP contribution in [0.1, 0.15) is 12.0 Å². The lowest BCUT2D eigenvalue weighted by Gasteiger charge is -2.17. The zero-order valence-corrected chi connectivity index (χ0v) is 10.8. The summed E-state index contributed by atoms with van der Waals surface area (Å²) in [7, 11) is 0. The fraction of sp³-hybridized carbons (Fsp3) is 0.455. The molecule has 9 heteroatoms. The second-order valence-electron chi connectivity index (χ2n) is 4.58. The summed E-state index contributed by atoms with van der Waals surface area (Å²) < 4.78 is 0. The molecule has 0 aliphatic carbocycles. The average Bonchev–Trinajstić information content (AvgIpc) is 2.77. The van der Waals surface area contributed by atoms with Gasteiger partial charge in [0.15, 0.2) is 0 Å². The molecule has 1 amide bonds. The van der Waals surface area contributed by atoms with Gasteiger partial charge in [0, 0.05) is 30.5 Å². The van der Waals surface area contributed by atoms with Crippen molar-refractivity contribution in [3.8, 4) is 0 Å². The van der Waals surface area contributed by atoms with Crippen molar-refractivity contribution in [3.05, 3.63) is 38.4 Å². The van der Waals surface area contributed by atoms with Crippen LogP contribution in [0.2, 0.25) is 0 Å². The van der Waals surface area contributed by atoms with E-state index in [1.165, 1.54) is 11.0 Å². The Bertz CT molecular complexity index is 610. The summed E-state index contributed by atoms with van der Waals surface area (Å²) in [5, 5.41) is 14.1. The number of hydrogen-bond donors (Lipinski definition) is 0. The lowest BCUT2D eigenvalue weighted by molar-refractivity contribution is -0.385. The molecule has 9 nitrogen and oxygen atoms in total. The molecule has 0 bridgehead atoms. The number of hydrogen-bond acceptors (Lipinski definition) is 5. The van der Waals surface area contributed by atoms with Gasteiger partial charge in [-0.15, -0.1) is 0 Å². The Balaban J connectivity index is 2.21. The van der Waals surface area contributed by atoms with Gasteiger partial charge >= 0.3 is 0 Å². The summed E-state index contributed by atoms with van der Waals surface area (Å²) >= 11 is 0. The second kappa shape index (κ2) is 5.54. The third-order valence-corrected chi connectivity index (χ3v) is 3.11. The number of nitro groups is 1. The van der Waals surface area contributed by atoms with Gasteiger partial charge in [-0.2, -0.15) is 0 Å². The molecule has 20 heavy (non-hydrogen) atoms. The van der Waals surface area contributed by atoms with E-state index in [9.17, 15) is 14.9 Å². The van der Waals surface area contributed by atoms with E-state index in [1.807, 2.05) is 0 Å². The van der Waals surface area contributed by atoms with E-state index < -0.39 is 4.92 Å². The van der Waals surface area contributed by atoms with Crippen molar-refractivity contribution in [1.29, 1.82) is 0 Å². The quantitative estimate of drug-likeness (QED) is 0.274. The lowest BCUT2D eigenvalue weighted by atomic mass is 10.1. The van der Waals surface area contributed by atoms with Crippen LogP contribution in [0.25, 0.3) is 10.4 Å². The van der Waals surface area contributed by atoms with Gasteiger partial charge < -0.3 is 0 Å². The van der Waals surface area contributed by atoms with E-state index in [-0.39, 0.29) is 30.5 Å². The number of amides is 1. The van der Waals surface area contributed by atoms with Crippen LogP contribution >= 0.6 is 0 Å². The smallest absolute Gasteiger partial charge is 0.287 e. The molecular weight excluding hydrogens is 264 g/mol. The molecule has 1 unspecified atom stereocenters. The predicted octanol–water partition coefficient (Wildman–Crippen LogP) is 1.96.